The predicted octanol–water partition coefficient (Wildman–Crippen LogP) is 2.63. The van der Waals surface area contributed by atoms with Gasteiger partial charge in [-0.1, -0.05) is 23.7 Å². The molecule has 1 atom stereocenters. The number of nitrogens with one attached hydrogen (secondary N) is 1. The van der Waals surface area contributed by atoms with Gasteiger partial charge >= 0.3 is 0 Å². The Bertz CT molecular complexity index is 940. The van der Waals surface area contributed by atoms with E-state index < -0.39 is 16.1 Å². The second-order valence-electron chi connectivity index (χ2n) is 6.08. The van der Waals surface area contributed by atoms with Gasteiger partial charge < -0.3 is 4.90 Å². The van der Waals surface area contributed by atoms with E-state index in [0.29, 0.717) is 16.3 Å². The van der Waals surface area contributed by atoms with Crippen LogP contribution in [-0.2, 0) is 14.8 Å². The molecule has 0 aliphatic carbocycles. The first-order valence-electron chi connectivity index (χ1n) is 7.95. The van der Waals surface area contributed by atoms with Crippen molar-refractivity contribution < 1.29 is 18.0 Å². The lowest BCUT2D eigenvalue weighted by molar-refractivity contribution is -0.117. The third-order valence-electron chi connectivity index (χ3n) is 4.16. The van der Waals surface area contributed by atoms with Gasteiger partial charge in [-0.15, -0.1) is 0 Å². The molecule has 1 N–H and O–H groups in total. The molecule has 0 spiro atoms. The van der Waals surface area contributed by atoms with Crippen LogP contribution in [0.25, 0.3) is 0 Å². The minimum Gasteiger partial charge on any atom is -0.311 e. The molecule has 1 amide bonds. The molecule has 0 aromatic heterocycles. The van der Waals surface area contributed by atoms with Crippen LogP contribution in [0.5, 0.6) is 0 Å². The number of carbonyl (C=O) groups is 2. The number of amides is 1. The summed E-state index contributed by atoms with van der Waals surface area (Å²) in [7, 11) is -3.78. The summed E-state index contributed by atoms with van der Waals surface area (Å²) < 4.78 is 27.6. The molecule has 2 aromatic rings. The van der Waals surface area contributed by atoms with Crippen LogP contribution in [0.15, 0.2) is 53.4 Å². The Kier molecular flexibility index (Phi) is 5.13. The van der Waals surface area contributed by atoms with E-state index in [-0.39, 0.29) is 29.6 Å². The minimum atomic E-state index is -3.78. The first-order valence-corrected chi connectivity index (χ1v) is 9.81. The molecule has 0 radical (unpaired) electrons. The van der Waals surface area contributed by atoms with Crippen molar-refractivity contribution in [3.05, 3.63) is 59.1 Å². The number of benzene rings is 2. The van der Waals surface area contributed by atoms with E-state index in [1.54, 1.807) is 24.3 Å². The number of rotatable bonds is 5. The van der Waals surface area contributed by atoms with E-state index in [0.717, 1.165) is 0 Å². The number of hydrogen-bond acceptors (Lipinski definition) is 4. The third kappa shape index (κ3) is 3.95. The number of sulfonamides is 1. The molecule has 136 valence electrons. The Morgan fingerprint density at radius 2 is 1.73 bits per heavy atom. The molecule has 0 bridgehead atoms. The summed E-state index contributed by atoms with van der Waals surface area (Å²) in [6, 6.07) is 12.0. The van der Waals surface area contributed by atoms with Gasteiger partial charge in [0.1, 0.15) is 0 Å². The second-order valence-corrected chi connectivity index (χ2v) is 8.23. The summed E-state index contributed by atoms with van der Waals surface area (Å²) >= 11 is 5.85. The van der Waals surface area contributed by atoms with E-state index in [1.165, 1.54) is 36.1 Å². The molecule has 8 heteroatoms. The number of carbonyl (C=O) groups excluding carboxylic acids is 2. The molecular formula is C18H17ClN2O4S. The number of Topliss-reactive ketones (excluding diaryl/α,β-unsaturated/α-hetero) is 1. The zero-order valence-corrected chi connectivity index (χ0v) is 15.5. The highest BCUT2D eigenvalue weighted by atomic mass is 35.5. The largest absolute Gasteiger partial charge is 0.311 e. The molecule has 0 unspecified atom stereocenters. The predicted molar refractivity (Wildman–Crippen MR) is 99.0 cm³/mol. The van der Waals surface area contributed by atoms with Crippen molar-refractivity contribution in [3.8, 4) is 0 Å². The second kappa shape index (κ2) is 7.19. The summed E-state index contributed by atoms with van der Waals surface area (Å²) in [6.45, 7) is 1.66. The molecule has 1 aliphatic heterocycles. The van der Waals surface area contributed by atoms with Crippen LogP contribution in [0.1, 0.15) is 23.7 Å². The number of anilines is 1. The van der Waals surface area contributed by atoms with Crippen molar-refractivity contribution >= 4 is 39.0 Å². The molecule has 0 saturated carbocycles. The Balaban J connectivity index is 1.73. The van der Waals surface area contributed by atoms with Crippen molar-refractivity contribution in [1.29, 1.82) is 0 Å². The van der Waals surface area contributed by atoms with Gasteiger partial charge in [0, 0.05) is 35.3 Å². The van der Waals surface area contributed by atoms with Crippen molar-refractivity contribution in [2.24, 2.45) is 0 Å². The average Bonchev–Trinajstić information content (AvgIpc) is 2.95. The number of halogens is 1. The van der Waals surface area contributed by atoms with Crippen molar-refractivity contribution in [3.63, 3.8) is 0 Å². The number of ketones is 1. The third-order valence-corrected chi connectivity index (χ3v) is 5.94. The Labute approximate surface area is 156 Å². The highest BCUT2D eigenvalue weighted by Crippen LogP contribution is 2.24. The van der Waals surface area contributed by atoms with Gasteiger partial charge in [0.25, 0.3) is 0 Å². The highest BCUT2D eigenvalue weighted by Gasteiger charge is 2.33. The summed E-state index contributed by atoms with van der Waals surface area (Å²) in [6.07, 6.45) is 0.0768. The fourth-order valence-corrected chi connectivity index (χ4v) is 4.17. The Morgan fingerprint density at radius 1 is 1.12 bits per heavy atom. The van der Waals surface area contributed by atoms with E-state index >= 15 is 0 Å². The molecule has 6 nitrogen and oxygen atoms in total. The summed E-state index contributed by atoms with van der Waals surface area (Å²) in [5.41, 5.74) is 1.11. The fraction of sp³-hybridized carbons (Fsp3) is 0.222. The summed E-state index contributed by atoms with van der Waals surface area (Å²) in [5.74, 6) is -0.297. The fourth-order valence-electron chi connectivity index (χ4n) is 2.81. The first kappa shape index (κ1) is 18.6. The molecular weight excluding hydrogens is 376 g/mol. The smallest absolute Gasteiger partial charge is 0.240 e. The molecule has 2 aromatic carbocycles. The zero-order valence-electron chi connectivity index (χ0n) is 14.0. The lowest BCUT2D eigenvalue weighted by atomic mass is 10.2. The molecule has 3 rings (SSSR count). The normalized spacial score (nSPS) is 17.5. The topological polar surface area (TPSA) is 83.5 Å². The van der Waals surface area contributed by atoms with Crippen molar-refractivity contribution in [2.75, 3.05) is 11.4 Å². The zero-order chi connectivity index (χ0) is 18.9. The van der Waals surface area contributed by atoms with Crippen LogP contribution in [-0.4, -0.2) is 32.7 Å². The maximum Gasteiger partial charge on any atom is 0.240 e. The van der Waals surface area contributed by atoms with E-state index in [1.807, 2.05) is 0 Å². The monoisotopic (exact) mass is 392 g/mol. The number of nitrogens with zero attached hydrogens (tertiary/aromatic N) is 1. The van der Waals surface area contributed by atoms with Gasteiger partial charge in [0.05, 0.1) is 4.90 Å². The summed E-state index contributed by atoms with van der Waals surface area (Å²) in [4.78, 5) is 25.1. The molecule has 1 aliphatic rings. The number of hydrogen-bond donors (Lipinski definition) is 1. The maximum atomic E-state index is 12.5. The first-order chi connectivity index (χ1) is 12.3. The van der Waals surface area contributed by atoms with Gasteiger partial charge in [-0.3, -0.25) is 9.59 Å². The van der Waals surface area contributed by atoms with Crippen LogP contribution in [0.4, 0.5) is 5.69 Å². The maximum absolute atomic E-state index is 12.5. The van der Waals surface area contributed by atoms with Crippen LogP contribution < -0.4 is 9.62 Å². The van der Waals surface area contributed by atoms with E-state index in [4.69, 9.17) is 11.6 Å². The van der Waals surface area contributed by atoms with Gasteiger partial charge in [-0.2, -0.15) is 0 Å². The van der Waals surface area contributed by atoms with Gasteiger partial charge in [-0.25, -0.2) is 13.1 Å². The van der Waals surface area contributed by atoms with Crippen LogP contribution in [0, 0.1) is 0 Å². The van der Waals surface area contributed by atoms with Gasteiger partial charge in [0.2, 0.25) is 15.9 Å². The summed E-state index contributed by atoms with van der Waals surface area (Å²) in [5, 5.41) is 0.562. The molecule has 1 saturated heterocycles. The molecule has 26 heavy (non-hydrogen) atoms. The van der Waals surface area contributed by atoms with E-state index in [2.05, 4.69) is 4.72 Å². The van der Waals surface area contributed by atoms with Crippen LogP contribution in [0.3, 0.4) is 0 Å². The lowest BCUT2D eigenvalue weighted by Crippen LogP contribution is -2.37. The Morgan fingerprint density at radius 3 is 2.31 bits per heavy atom. The lowest BCUT2D eigenvalue weighted by Gasteiger charge is -2.17. The standard InChI is InChI=1S/C18H17ClN2O4S/c1-12(22)13-2-8-17(9-3-13)26(24,25)20-15-10-18(23)21(11-15)16-6-4-14(19)5-7-16/h2-9,15,20H,10-11H2,1H3/t15-/m0/s1. The van der Waals surface area contributed by atoms with Crippen molar-refractivity contribution in [1.82, 2.24) is 4.72 Å². The Hall–Kier alpha value is -2.22. The quantitative estimate of drug-likeness (QED) is 0.793. The average molecular weight is 393 g/mol. The highest BCUT2D eigenvalue weighted by molar-refractivity contribution is 7.89. The van der Waals surface area contributed by atoms with Gasteiger partial charge in [0.15, 0.2) is 5.78 Å². The molecule has 1 heterocycles. The van der Waals surface area contributed by atoms with Gasteiger partial charge in [-0.05, 0) is 43.3 Å². The van der Waals surface area contributed by atoms with E-state index in [9.17, 15) is 18.0 Å². The van der Waals surface area contributed by atoms with Crippen LogP contribution in [0.2, 0.25) is 5.02 Å². The minimum absolute atomic E-state index is 0.0555. The molecule has 1 fully saturated rings. The van der Waals surface area contributed by atoms with Crippen molar-refractivity contribution in [2.45, 2.75) is 24.3 Å². The SMILES string of the molecule is CC(=O)c1ccc(S(=O)(=O)N[C@H]2CC(=O)N(c3ccc(Cl)cc3)C2)cc1. The van der Waals surface area contributed by atoms with Crippen LogP contribution >= 0.6 is 11.6 Å².